The first-order valence-corrected chi connectivity index (χ1v) is 8.18. The number of nitrogens with one attached hydrogen (secondary N) is 3. The SMILES string of the molecule is CC(C)CC(N)C(=O)NCC(=O)NC(C)C(=O)NC(CS)C(=O)O. The number of thiol groups is 1. The van der Waals surface area contributed by atoms with E-state index >= 15 is 0 Å². The van der Waals surface area contributed by atoms with Crippen LogP contribution in [0, 0.1) is 5.92 Å². The zero-order valence-electron chi connectivity index (χ0n) is 14.0. The third-order valence-electron chi connectivity index (χ3n) is 3.05. The Kier molecular flexibility index (Phi) is 10.0. The molecule has 0 aliphatic rings. The summed E-state index contributed by atoms with van der Waals surface area (Å²) in [7, 11) is 0. The summed E-state index contributed by atoms with van der Waals surface area (Å²) in [6, 6.07) is -2.81. The minimum absolute atomic E-state index is 0.0778. The summed E-state index contributed by atoms with van der Waals surface area (Å²) in [5, 5.41) is 15.8. The summed E-state index contributed by atoms with van der Waals surface area (Å²) < 4.78 is 0. The Bertz CT molecular complexity index is 472. The van der Waals surface area contributed by atoms with Crippen LogP contribution in [0.1, 0.15) is 27.2 Å². The van der Waals surface area contributed by atoms with Gasteiger partial charge in [-0.1, -0.05) is 13.8 Å². The predicted octanol–water partition coefficient (Wildman–Crippen LogP) is -1.52. The minimum atomic E-state index is -1.22. The van der Waals surface area contributed by atoms with Gasteiger partial charge in [0.15, 0.2) is 0 Å². The standard InChI is InChI=1S/C14H26N4O5S/c1-7(2)4-9(15)13(21)16-5-11(19)17-8(3)12(20)18-10(6-24)14(22)23/h7-10,24H,4-6,15H2,1-3H3,(H,16,21)(H,17,19)(H,18,20)(H,22,23). The van der Waals surface area contributed by atoms with Crippen LogP contribution in [0.25, 0.3) is 0 Å². The van der Waals surface area contributed by atoms with E-state index in [9.17, 15) is 19.2 Å². The van der Waals surface area contributed by atoms with Crippen LogP contribution in [0.3, 0.4) is 0 Å². The molecular weight excluding hydrogens is 336 g/mol. The zero-order chi connectivity index (χ0) is 18.9. The van der Waals surface area contributed by atoms with Gasteiger partial charge in [0.25, 0.3) is 0 Å². The van der Waals surface area contributed by atoms with Crippen LogP contribution in [0.2, 0.25) is 0 Å². The fourth-order valence-corrected chi connectivity index (χ4v) is 2.00. The summed E-state index contributed by atoms with van der Waals surface area (Å²) in [6.45, 7) is 4.93. The van der Waals surface area contributed by atoms with Crippen LogP contribution in [0.4, 0.5) is 0 Å². The van der Waals surface area contributed by atoms with E-state index in [2.05, 4.69) is 28.6 Å². The molecular formula is C14H26N4O5S. The first kappa shape index (κ1) is 22.2. The van der Waals surface area contributed by atoms with Crippen LogP contribution >= 0.6 is 12.6 Å². The van der Waals surface area contributed by atoms with Crippen molar-refractivity contribution < 1.29 is 24.3 Å². The van der Waals surface area contributed by atoms with Crippen molar-refractivity contribution in [3.63, 3.8) is 0 Å². The lowest BCUT2D eigenvalue weighted by Gasteiger charge is -2.18. The maximum absolute atomic E-state index is 11.8. The lowest BCUT2D eigenvalue weighted by atomic mass is 10.0. The molecule has 9 nitrogen and oxygen atoms in total. The molecule has 0 saturated heterocycles. The highest BCUT2D eigenvalue weighted by Gasteiger charge is 2.23. The number of carbonyl (C=O) groups is 4. The molecule has 138 valence electrons. The lowest BCUT2D eigenvalue weighted by Crippen LogP contribution is -2.53. The van der Waals surface area contributed by atoms with E-state index < -0.39 is 41.8 Å². The van der Waals surface area contributed by atoms with Gasteiger partial charge in [0.1, 0.15) is 12.1 Å². The van der Waals surface area contributed by atoms with E-state index in [1.165, 1.54) is 6.92 Å². The van der Waals surface area contributed by atoms with Crippen molar-refractivity contribution in [1.82, 2.24) is 16.0 Å². The van der Waals surface area contributed by atoms with Crippen molar-refractivity contribution in [2.75, 3.05) is 12.3 Å². The van der Waals surface area contributed by atoms with Gasteiger partial charge in [-0.15, -0.1) is 0 Å². The second kappa shape index (κ2) is 10.9. The van der Waals surface area contributed by atoms with Crippen molar-refractivity contribution in [2.24, 2.45) is 11.7 Å². The Labute approximate surface area is 146 Å². The normalized spacial score (nSPS) is 14.4. The van der Waals surface area contributed by atoms with E-state index in [4.69, 9.17) is 10.8 Å². The van der Waals surface area contributed by atoms with Gasteiger partial charge in [-0.25, -0.2) is 4.79 Å². The summed E-state index contributed by atoms with van der Waals surface area (Å²) in [5.41, 5.74) is 5.68. The third kappa shape index (κ3) is 8.73. The lowest BCUT2D eigenvalue weighted by molar-refractivity contribution is -0.141. The van der Waals surface area contributed by atoms with E-state index in [0.717, 1.165) is 0 Å². The van der Waals surface area contributed by atoms with Gasteiger partial charge in [0.2, 0.25) is 17.7 Å². The molecule has 3 atom stereocenters. The highest BCUT2D eigenvalue weighted by atomic mass is 32.1. The molecule has 0 aromatic carbocycles. The highest BCUT2D eigenvalue weighted by molar-refractivity contribution is 7.80. The largest absolute Gasteiger partial charge is 0.480 e. The van der Waals surface area contributed by atoms with E-state index in [-0.39, 0.29) is 18.2 Å². The molecule has 0 heterocycles. The van der Waals surface area contributed by atoms with E-state index in [1.807, 2.05) is 13.8 Å². The monoisotopic (exact) mass is 362 g/mol. The van der Waals surface area contributed by atoms with Gasteiger partial charge in [-0.05, 0) is 19.3 Å². The Morgan fingerprint density at radius 3 is 2.12 bits per heavy atom. The van der Waals surface area contributed by atoms with Crippen LogP contribution in [0.5, 0.6) is 0 Å². The highest BCUT2D eigenvalue weighted by Crippen LogP contribution is 2.02. The van der Waals surface area contributed by atoms with Crippen LogP contribution in [-0.4, -0.2) is 59.2 Å². The molecule has 3 unspecified atom stereocenters. The Balaban J connectivity index is 4.29. The maximum atomic E-state index is 11.8. The second-order valence-corrected chi connectivity index (χ2v) is 6.19. The molecule has 10 heteroatoms. The molecule has 6 N–H and O–H groups in total. The zero-order valence-corrected chi connectivity index (χ0v) is 14.9. The van der Waals surface area contributed by atoms with Gasteiger partial charge >= 0.3 is 5.97 Å². The number of carbonyl (C=O) groups excluding carboxylic acids is 3. The molecule has 24 heavy (non-hydrogen) atoms. The molecule has 0 bridgehead atoms. The van der Waals surface area contributed by atoms with Crippen LogP contribution in [0.15, 0.2) is 0 Å². The second-order valence-electron chi connectivity index (χ2n) is 5.83. The van der Waals surface area contributed by atoms with Crippen molar-refractivity contribution in [3.05, 3.63) is 0 Å². The summed E-state index contributed by atoms with van der Waals surface area (Å²) in [5.74, 6) is -2.74. The van der Waals surface area contributed by atoms with Crippen LogP contribution < -0.4 is 21.7 Å². The predicted molar refractivity (Wildman–Crippen MR) is 91.5 cm³/mol. The van der Waals surface area contributed by atoms with Crippen molar-refractivity contribution in [3.8, 4) is 0 Å². The van der Waals surface area contributed by atoms with E-state index in [0.29, 0.717) is 6.42 Å². The molecule has 0 saturated carbocycles. The Hall–Kier alpha value is -1.81. The first-order chi connectivity index (χ1) is 11.1. The number of hydrogen-bond acceptors (Lipinski definition) is 6. The molecule has 0 fully saturated rings. The average molecular weight is 362 g/mol. The molecule has 0 aliphatic carbocycles. The number of hydrogen-bond donors (Lipinski definition) is 6. The third-order valence-corrected chi connectivity index (χ3v) is 3.42. The number of rotatable bonds is 10. The fourth-order valence-electron chi connectivity index (χ4n) is 1.75. The number of carboxylic acids is 1. The number of carboxylic acid groups (broad SMARTS) is 1. The molecule has 0 aromatic heterocycles. The molecule has 0 radical (unpaired) electrons. The number of amides is 3. The molecule has 3 amide bonds. The van der Waals surface area contributed by atoms with Crippen LogP contribution in [-0.2, 0) is 19.2 Å². The first-order valence-electron chi connectivity index (χ1n) is 7.55. The van der Waals surface area contributed by atoms with Crippen molar-refractivity contribution in [1.29, 1.82) is 0 Å². The van der Waals surface area contributed by atoms with Crippen molar-refractivity contribution in [2.45, 2.75) is 45.3 Å². The molecule has 0 rings (SSSR count). The number of nitrogens with two attached hydrogens (primary N) is 1. The molecule has 0 aromatic rings. The van der Waals surface area contributed by atoms with Gasteiger partial charge in [0, 0.05) is 5.75 Å². The number of aliphatic carboxylic acids is 1. The summed E-state index contributed by atoms with van der Waals surface area (Å²) in [6.07, 6.45) is 0.493. The van der Waals surface area contributed by atoms with E-state index in [1.54, 1.807) is 0 Å². The minimum Gasteiger partial charge on any atom is -0.480 e. The van der Waals surface area contributed by atoms with Gasteiger partial charge in [0.05, 0.1) is 12.6 Å². The average Bonchev–Trinajstić information content (AvgIpc) is 2.48. The van der Waals surface area contributed by atoms with Gasteiger partial charge in [-0.2, -0.15) is 12.6 Å². The smallest absolute Gasteiger partial charge is 0.327 e. The topological polar surface area (TPSA) is 151 Å². The van der Waals surface area contributed by atoms with Crippen molar-refractivity contribution >= 4 is 36.3 Å². The van der Waals surface area contributed by atoms with Gasteiger partial charge in [-0.3, -0.25) is 14.4 Å². The quantitative estimate of drug-likeness (QED) is 0.260. The summed E-state index contributed by atoms with van der Waals surface area (Å²) >= 11 is 3.82. The maximum Gasteiger partial charge on any atom is 0.327 e. The fraction of sp³-hybridized carbons (Fsp3) is 0.714. The van der Waals surface area contributed by atoms with Gasteiger partial charge < -0.3 is 26.8 Å². The Morgan fingerprint density at radius 1 is 1.08 bits per heavy atom. The summed E-state index contributed by atoms with van der Waals surface area (Å²) in [4.78, 5) is 46.0. The molecule has 0 aliphatic heterocycles. The molecule has 0 spiro atoms. The Morgan fingerprint density at radius 2 is 1.67 bits per heavy atom.